The third-order valence-electron chi connectivity index (χ3n) is 2.55. The minimum atomic E-state index is -0.357. The molecule has 2 aromatic rings. The van der Waals surface area contributed by atoms with Gasteiger partial charge in [0.25, 0.3) is 0 Å². The highest BCUT2D eigenvalue weighted by molar-refractivity contribution is 7.15. The Balaban J connectivity index is 2.02. The molecule has 19 heavy (non-hydrogen) atoms. The zero-order valence-corrected chi connectivity index (χ0v) is 11.8. The van der Waals surface area contributed by atoms with Gasteiger partial charge in [-0.1, -0.05) is 30.3 Å². The zero-order valence-electron chi connectivity index (χ0n) is 11.0. The highest BCUT2D eigenvalue weighted by Crippen LogP contribution is 2.23. The number of nitrogens with one attached hydrogen (secondary N) is 1. The predicted octanol–water partition coefficient (Wildman–Crippen LogP) is 3.24. The Morgan fingerprint density at radius 2 is 2.11 bits per heavy atom. The van der Waals surface area contributed by atoms with Crippen LogP contribution < -0.4 is 5.32 Å². The normalized spacial score (nSPS) is 10.2. The Labute approximate surface area is 116 Å². The fourth-order valence-electron chi connectivity index (χ4n) is 1.63. The number of thiazole rings is 1. The number of anilines is 1. The first kappa shape index (κ1) is 13.5. The van der Waals surface area contributed by atoms with Gasteiger partial charge in [-0.2, -0.15) is 0 Å². The number of hydrogen-bond donors (Lipinski definition) is 1. The number of benzene rings is 1. The van der Waals surface area contributed by atoms with Crippen molar-refractivity contribution < 1.29 is 9.53 Å². The predicted molar refractivity (Wildman–Crippen MR) is 76.6 cm³/mol. The van der Waals surface area contributed by atoms with Crippen LogP contribution in [0.2, 0.25) is 0 Å². The highest BCUT2D eigenvalue weighted by Gasteiger charge is 2.16. The van der Waals surface area contributed by atoms with Crippen LogP contribution in [0.5, 0.6) is 0 Å². The lowest BCUT2D eigenvalue weighted by Gasteiger charge is -2.01. The lowest BCUT2D eigenvalue weighted by Crippen LogP contribution is -2.07. The molecule has 0 aliphatic heterocycles. The van der Waals surface area contributed by atoms with E-state index in [0.29, 0.717) is 18.8 Å². The monoisotopic (exact) mass is 276 g/mol. The van der Waals surface area contributed by atoms with Crippen molar-refractivity contribution in [1.82, 2.24) is 4.98 Å². The van der Waals surface area contributed by atoms with Gasteiger partial charge in [0.15, 0.2) is 10.8 Å². The first-order valence-electron chi connectivity index (χ1n) is 6.13. The van der Waals surface area contributed by atoms with E-state index < -0.39 is 0 Å². The Morgan fingerprint density at radius 3 is 2.79 bits per heavy atom. The molecule has 5 heteroatoms. The summed E-state index contributed by atoms with van der Waals surface area (Å²) in [5.41, 5.74) is 1.58. The van der Waals surface area contributed by atoms with Gasteiger partial charge in [0.2, 0.25) is 0 Å². The summed E-state index contributed by atoms with van der Waals surface area (Å²) >= 11 is 1.46. The van der Waals surface area contributed by atoms with Crippen molar-refractivity contribution in [3.05, 3.63) is 46.5 Å². The quantitative estimate of drug-likeness (QED) is 0.852. The smallest absolute Gasteiger partial charge is 0.358 e. The standard InChI is InChI=1S/C14H16N2O2S/c1-3-18-13(17)12-10(2)19-14(16-12)15-9-11-7-5-4-6-8-11/h4-8H,3,9H2,1-2H3,(H,15,16). The maximum Gasteiger partial charge on any atom is 0.358 e. The zero-order chi connectivity index (χ0) is 13.7. The van der Waals surface area contributed by atoms with Crippen molar-refractivity contribution >= 4 is 22.4 Å². The van der Waals surface area contributed by atoms with Crippen LogP contribution in [0.15, 0.2) is 30.3 Å². The summed E-state index contributed by atoms with van der Waals surface area (Å²) in [6.07, 6.45) is 0. The lowest BCUT2D eigenvalue weighted by molar-refractivity contribution is 0.0519. The first-order valence-corrected chi connectivity index (χ1v) is 6.94. The molecule has 0 amide bonds. The number of esters is 1. The number of ether oxygens (including phenoxy) is 1. The summed E-state index contributed by atoms with van der Waals surface area (Å²) in [5, 5.41) is 3.96. The number of carbonyl (C=O) groups is 1. The van der Waals surface area contributed by atoms with Gasteiger partial charge in [0, 0.05) is 11.4 Å². The van der Waals surface area contributed by atoms with Gasteiger partial charge in [0.05, 0.1) is 6.61 Å². The minimum Gasteiger partial charge on any atom is -0.461 e. The average molecular weight is 276 g/mol. The number of aromatic nitrogens is 1. The van der Waals surface area contributed by atoms with Crippen molar-refractivity contribution in [1.29, 1.82) is 0 Å². The molecule has 1 aromatic carbocycles. The molecule has 0 bridgehead atoms. The van der Waals surface area contributed by atoms with Gasteiger partial charge < -0.3 is 10.1 Å². The van der Waals surface area contributed by atoms with Crippen LogP contribution in [0, 0.1) is 6.92 Å². The summed E-state index contributed by atoms with van der Waals surface area (Å²) in [7, 11) is 0. The molecule has 0 saturated carbocycles. The summed E-state index contributed by atoms with van der Waals surface area (Å²) in [6.45, 7) is 4.71. The molecule has 0 unspecified atom stereocenters. The topological polar surface area (TPSA) is 51.2 Å². The second kappa shape index (κ2) is 6.33. The van der Waals surface area contributed by atoms with Crippen molar-refractivity contribution in [2.75, 3.05) is 11.9 Å². The number of rotatable bonds is 5. The lowest BCUT2D eigenvalue weighted by atomic mass is 10.2. The molecule has 2 rings (SSSR count). The van der Waals surface area contributed by atoms with Crippen LogP contribution in [0.4, 0.5) is 5.13 Å². The molecule has 0 atom stereocenters. The van der Waals surface area contributed by atoms with Crippen LogP contribution >= 0.6 is 11.3 Å². The molecule has 1 aromatic heterocycles. The molecule has 4 nitrogen and oxygen atoms in total. The van der Waals surface area contributed by atoms with Crippen LogP contribution in [0.1, 0.15) is 27.9 Å². The molecule has 1 N–H and O–H groups in total. The van der Waals surface area contributed by atoms with Gasteiger partial charge in [-0.05, 0) is 19.4 Å². The Morgan fingerprint density at radius 1 is 1.37 bits per heavy atom. The maximum absolute atomic E-state index is 11.6. The Bertz CT molecular complexity index is 552. The largest absolute Gasteiger partial charge is 0.461 e. The molecule has 0 saturated heterocycles. The number of carbonyl (C=O) groups excluding carboxylic acids is 1. The number of nitrogens with zero attached hydrogens (tertiary/aromatic N) is 1. The van der Waals surface area contributed by atoms with Gasteiger partial charge >= 0.3 is 5.97 Å². The highest BCUT2D eigenvalue weighted by atomic mass is 32.1. The van der Waals surface area contributed by atoms with E-state index in [4.69, 9.17) is 4.74 Å². The van der Waals surface area contributed by atoms with E-state index in [2.05, 4.69) is 10.3 Å². The second-order valence-corrected chi connectivity index (χ2v) is 5.19. The molecule has 0 radical (unpaired) electrons. The van der Waals surface area contributed by atoms with E-state index >= 15 is 0 Å². The molecule has 0 aliphatic rings. The Hall–Kier alpha value is -1.88. The number of hydrogen-bond acceptors (Lipinski definition) is 5. The van der Waals surface area contributed by atoms with Crippen molar-refractivity contribution in [3.8, 4) is 0 Å². The summed E-state index contributed by atoms with van der Waals surface area (Å²) in [4.78, 5) is 16.8. The molecule has 100 valence electrons. The molecule has 0 fully saturated rings. The second-order valence-electron chi connectivity index (χ2n) is 3.98. The summed E-state index contributed by atoms with van der Waals surface area (Å²) in [6, 6.07) is 10.1. The van der Waals surface area contributed by atoms with Gasteiger partial charge in [-0.15, -0.1) is 11.3 Å². The molecule has 0 aliphatic carbocycles. The molecular weight excluding hydrogens is 260 g/mol. The molecule has 1 heterocycles. The fraction of sp³-hybridized carbons (Fsp3) is 0.286. The van der Waals surface area contributed by atoms with Crippen LogP contribution in [0.3, 0.4) is 0 Å². The van der Waals surface area contributed by atoms with Crippen molar-refractivity contribution in [2.45, 2.75) is 20.4 Å². The van der Waals surface area contributed by atoms with Crippen LogP contribution in [-0.4, -0.2) is 17.6 Å². The van der Waals surface area contributed by atoms with Crippen LogP contribution in [-0.2, 0) is 11.3 Å². The first-order chi connectivity index (χ1) is 9.20. The summed E-state index contributed by atoms with van der Waals surface area (Å²) < 4.78 is 4.96. The van der Waals surface area contributed by atoms with E-state index in [9.17, 15) is 4.79 Å². The third kappa shape index (κ3) is 3.54. The molecular formula is C14H16N2O2S. The Kier molecular flexibility index (Phi) is 4.52. The van der Waals surface area contributed by atoms with E-state index in [1.165, 1.54) is 16.9 Å². The van der Waals surface area contributed by atoms with E-state index in [1.54, 1.807) is 6.92 Å². The van der Waals surface area contributed by atoms with E-state index in [0.717, 1.165) is 10.0 Å². The molecule has 0 spiro atoms. The van der Waals surface area contributed by atoms with Gasteiger partial charge in [-0.25, -0.2) is 9.78 Å². The van der Waals surface area contributed by atoms with Crippen molar-refractivity contribution in [2.24, 2.45) is 0 Å². The van der Waals surface area contributed by atoms with Crippen molar-refractivity contribution in [3.63, 3.8) is 0 Å². The summed E-state index contributed by atoms with van der Waals surface area (Å²) in [5.74, 6) is -0.357. The van der Waals surface area contributed by atoms with E-state index in [-0.39, 0.29) is 5.97 Å². The third-order valence-corrected chi connectivity index (χ3v) is 3.48. The fourth-order valence-corrected chi connectivity index (χ4v) is 2.43. The number of aryl methyl sites for hydroxylation is 1. The van der Waals surface area contributed by atoms with E-state index in [1.807, 2.05) is 37.3 Å². The minimum absolute atomic E-state index is 0.357. The van der Waals surface area contributed by atoms with Gasteiger partial charge in [0.1, 0.15) is 0 Å². The van der Waals surface area contributed by atoms with Gasteiger partial charge in [-0.3, -0.25) is 0 Å². The SMILES string of the molecule is CCOC(=O)c1nc(NCc2ccccc2)sc1C. The van der Waals surface area contributed by atoms with Crippen LogP contribution in [0.25, 0.3) is 0 Å². The maximum atomic E-state index is 11.6. The average Bonchev–Trinajstić information content (AvgIpc) is 2.79.